The van der Waals surface area contributed by atoms with Gasteiger partial charge < -0.3 is 5.32 Å². The lowest BCUT2D eigenvalue weighted by Gasteiger charge is -2.33. The third-order valence-electron chi connectivity index (χ3n) is 3.48. The van der Waals surface area contributed by atoms with Gasteiger partial charge in [-0.3, -0.25) is 0 Å². The Hall–Kier alpha value is 0.660. The van der Waals surface area contributed by atoms with Crippen LogP contribution in [0, 0.1) is 5.92 Å². The molecule has 0 aromatic carbocycles. The van der Waals surface area contributed by atoms with E-state index in [1.807, 2.05) is 0 Å². The Bertz CT molecular complexity index is 163. The molecule has 0 aromatic rings. The van der Waals surface area contributed by atoms with Crippen molar-refractivity contribution in [1.82, 2.24) is 5.32 Å². The zero-order valence-electron chi connectivity index (χ0n) is 9.00. The van der Waals surface area contributed by atoms with Crippen LogP contribution in [0.2, 0.25) is 0 Å². The molecule has 1 N–H and O–H groups in total. The molecular formula is C11H21NS2. The maximum Gasteiger partial charge on any atom is 0.0294 e. The van der Waals surface area contributed by atoms with Crippen molar-refractivity contribution in [1.29, 1.82) is 0 Å². The predicted molar refractivity (Wildman–Crippen MR) is 68.4 cm³/mol. The second kappa shape index (κ2) is 5.66. The highest BCUT2D eigenvalue weighted by atomic mass is 32.2. The van der Waals surface area contributed by atoms with Crippen LogP contribution in [0.4, 0.5) is 0 Å². The molecule has 82 valence electrons. The van der Waals surface area contributed by atoms with Gasteiger partial charge in [-0.2, -0.15) is 23.5 Å². The normalized spacial score (nSPS) is 31.9. The quantitative estimate of drug-likeness (QED) is 0.802. The van der Waals surface area contributed by atoms with Crippen molar-refractivity contribution < 1.29 is 0 Å². The van der Waals surface area contributed by atoms with Gasteiger partial charge in [0.2, 0.25) is 0 Å². The predicted octanol–water partition coefficient (Wildman–Crippen LogP) is 2.61. The highest BCUT2D eigenvalue weighted by Gasteiger charge is 2.31. The van der Waals surface area contributed by atoms with Gasteiger partial charge in [-0.05, 0) is 25.8 Å². The summed E-state index contributed by atoms with van der Waals surface area (Å²) in [4.78, 5) is 0. The number of hydrogen-bond acceptors (Lipinski definition) is 3. The zero-order valence-corrected chi connectivity index (χ0v) is 10.6. The monoisotopic (exact) mass is 231 g/mol. The third kappa shape index (κ3) is 2.61. The van der Waals surface area contributed by atoms with E-state index in [0.717, 1.165) is 17.2 Å². The summed E-state index contributed by atoms with van der Waals surface area (Å²) in [5, 5.41) is 4.46. The summed E-state index contributed by atoms with van der Waals surface area (Å²) >= 11 is 4.34. The van der Waals surface area contributed by atoms with Gasteiger partial charge in [0, 0.05) is 28.6 Å². The lowest BCUT2D eigenvalue weighted by atomic mass is 9.96. The largest absolute Gasteiger partial charge is 0.316 e. The lowest BCUT2D eigenvalue weighted by molar-refractivity contribution is 0.379. The van der Waals surface area contributed by atoms with Crippen molar-refractivity contribution in [2.75, 3.05) is 24.3 Å². The van der Waals surface area contributed by atoms with Crippen molar-refractivity contribution >= 4 is 23.5 Å². The van der Waals surface area contributed by atoms with Gasteiger partial charge in [-0.1, -0.05) is 12.8 Å². The molecule has 3 heteroatoms. The van der Waals surface area contributed by atoms with Crippen LogP contribution < -0.4 is 5.32 Å². The molecule has 1 saturated carbocycles. The second-order valence-corrected chi connectivity index (χ2v) is 6.84. The first-order valence-corrected chi connectivity index (χ1v) is 7.99. The molecule has 0 bridgehead atoms. The van der Waals surface area contributed by atoms with Crippen molar-refractivity contribution in [2.24, 2.45) is 5.92 Å². The van der Waals surface area contributed by atoms with Crippen LogP contribution in [0.3, 0.4) is 0 Å². The van der Waals surface area contributed by atoms with Gasteiger partial charge in [0.05, 0.1) is 0 Å². The van der Waals surface area contributed by atoms with E-state index in [9.17, 15) is 0 Å². The molecule has 0 amide bonds. The Kier molecular flexibility index (Phi) is 4.51. The molecule has 1 nitrogen and oxygen atoms in total. The molecule has 1 aliphatic carbocycles. The van der Waals surface area contributed by atoms with Gasteiger partial charge in [-0.25, -0.2) is 0 Å². The van der Waals surface area contributed by atoms with Crippen molar-refractivity contribution in [3.63, 3.8) is 0 Å². The molecule has 2 aliphatic rings. The first-order chi connectivity index (χ1) is 6.92. The average molecular weight is 231 g/mol. The van der Waals surface area contributed by atoms with Crippen LogP contribution in [0.5, 0.6) is 0 Å². The van der Waals surface area contributed by atoms with Crippen LogP contribution in [0.15, 0.2) is 0 Å². The highest BCUT2D eigenvalue weighted by molar-refractivity contribution is 8.06. The van der Waals surface area contributed by atoms with E-state index in [2.05, 4.69) is 35.9 Å². The number of nitrogens with one attached hydrogen (secondary N) is 1. The van der Waals surface area contributed by atoms with E-state index >= 15 is 0 Å². The summed E-state index contributed by atoms with van der Waals surface area (Å²) in [7, 11) is 2.16. The van der Waals surface area contributed by atoms with E-state index < -0.39 is 0 Å². The van der Waals surface area contributed by atoms with Crippen LogP contribution in [0.25, 0.3) is 0 Å². The van der Waals surface area contributed by atoms with E-state index in [4.69, 9.17) is 0 Å². The van der Waals surface area contributed by atoms with Gasteiger partial charge in [0.25, 0.3) is 0 Å². The summed E-state index contributed by atoms with van der Waals surface area (Å²) in [6.07, 6.45) is 5.86. The molecule has 1 saturated heterocycles. The maximum atomic E-state index is 3.58. The molecule has 14 heavy (non-hydrogen) atoms. The molecule has 2 unspecified atom stereocenters. The molecular weight excluding hydrogens is 210 g/mol. The minimum absolute atomic E-state index is 0.787. The smallest absolute Gasteiger partial charge is 0.0294 e. The first kappa shape index (κ1) is 11.2. The van der Waals surface area contributed by atoms with Crippen molar-refractivity contribution in [2.45, 2.75) is 37.0 Å². The van der Waals surface area contributed by atoms with E-state index in [1.165, 1.54) is 42.9 Å². The SMILES string of the molecule is CNC(C1CCCC1)C1CSCCS1. The van der Waals surface area contributed by atoms with Crippen LogP contribution in [-0.2, 0) is 0 Å². The van der Waals surface area contributed by atoms with E-state index in [0.29, 0.717) is 0 Å². The fourth-order valence-electron chi connectivity index (χ4n) is 2.76. The number of hydrogen-bond donors (Lipinski definition) is 1. The number of rotatable bonds is 3. The topological polar surface area (TPSA) is 12.0 Å². The minimum Gasteiger partial charge on any atom is -0.316 e. The van der Waals surface area contributed by atoms with Crippen LogP contribution in [0.1, 0.15) is 25.7 Å². The molecule has 1 heterocycles. The molecule has 2 atom stereocenters. The summed E-state index contributed by atoms with van der Waals surface area (Å²) in [5.41, 5.74) is 0. The van der Waals surface area contributed by atoms with Gasteiger partial charge in [0.15, 0.2) is 0 Å². The van der Waals surface area contributed by atoms with Crippen LogP contribution >= 0.6 is 23.5 Å². The third-order valence-corrected chi connectivity index (χ3v) is 6.37. The molecule has 0 aromatic heterocycles. The molecule has 2 fully saturated rings. The molecule has 0 spiro atoms. The molecule has 2 rings (SSSR count). The Labute approximate surface area is 96.2 Å². The second-order valence-electron chi connectivity index (χ2n) is 4.34. The fourth-order valence-corrected chi connectivity index (χ4v) is 5.76. The summed E-state index contributed by atoms with van der Waals surface area (Å²) in [5.74, 6) is 5.06. The fraction of sp³-hybridized carbons (Fsp3) is 1.00. The summed E-state index contributed by atoms with van der Waals surface area (Å²) in [6.45, 7) is 0. The van der Waals surface area contributed by atoms with Crippen LogP contribution in [-0.4, -0.2) is 35.6 Å². The average Bonchev–Trinajstić information content (AvgIpc) is 2.74. The Morgan fingerprint density at radius 2 is 2.00 bits per heavy atom. The standard InChI is InChI=1S/C11H21NS2/c1-12-11(9-4-2-3-5-9)10-8-13-6-7-14-10/h9-12H,2-8H2,1H3. The number of thioether (sulfide) groups is 2. The van der Waals surface area contributed by atoms with E-state index in [1.54, 1.807) is 0 Å². The van der Waals surface area contributed by atoms with Gasteiger partial charge >= 0.3 is 0 Å². The molecule has 1 aliphatic heterocycles. The zero-order chi connectivity index (χ0) is 9.80. The Morgan fingerprint density at radius 3 is 2.57 bits per heavy atom. The Balaban J connectivity index is 1.89. The Morgan fingerprint density at radius 1 is 1.21 bits per heavy atom. The maximum absolute atomic E-state index is 3.58. The van der Waals surface area contributed by atoms with E-state index in [-0.39, 0.29) is 0 Å². The summed E-state index contributed by atoms with van der Waals surface area (Å²) in [6, 6.07) is 0.787. The van der Waals surface area contributed by atoms with Crippen molar-refractivity contribution in [3.05, 3.63) is 0 Å². The van der Waals surface area contributed by atoms with Gasteiger partial charge in [-0.15, -0.1) is 0 Å². The molecule has 0 radical (unpaired) electrons. The minimum atomic E-state index is 0.787. The lowest BCUT2D eigenvalue weighted by Crippen LogP contribution is -2.43. The van der Waals surface area contributed by atoms with Gasteiger partial charge in [0.1, 0.15) is 0 Å². The van der Waals surface area contributed by atoms with Crippen molar-refractivity contribution in [3.8, 4) is 0 Å². The first-order valence-electron chi connectivity index (χ1n) is 5.78. The highest BCUT2D eigenvalue weighted by Crippen LogP contribution is 2.35. The summed E-state index contributed by atoms with van der Waals surface area (Å²) < 4.78 is 0.